The van der Waals surface area contributed by atoms with Crippen molar-refractivity contribution in [1.29, 1.82) is 0 Å². The molecule has 0 aliphatic carbocycles. The first-order valence-electron chi connectivity index (χ1n) is 10.7. The van der Waals surface area contributed by atoms with E-state index in [1.807, 2.05) is 43.3 Å². The lowest BCUT2D eigenvalue weighted by molar-refractivity contribution is 0.631. The Morgan fingerprint density at radius 3 is 2.37 bits per heavy atom. The van der Waals surface area contributed by atoms with Gasteiger partial charge in [-0.15, -0.1) is 0 Å². The van der Waals surface area contributed by atoms with Gasteiger partial charge in [0, 0.05) is 5.56 Å². The first-order valence-corrected chi connectivity index (χ1v) is 10.7. The molecule has 0 bridgehead atoms. The van der Waals surface area contributed by atoms with Crippen LogP contribution in [0, 0.1) is 12.7 Å². The molecule has 0 saturated carbocycles. The maximum atomic E-state index is 14.5. The van der Waals surface area contributed by atoms with Crippen molar-refractivity contribution < 1.29 is 4.39 Å². The van der Waals surface area contributed by atoms with Crippen molar-refractivity contribution in [3.05, 3.63) is 94.8 Å². The molecule has 0 saturated heterocycles. The highest BCUT2D eigenvalue weighted by atomic mass is 19.1. The molecule has 3 aromatic rings. The Morgan fingerprint density at radius 1 is 0.833 bits per heavy atom. The van der Waals surface area contributed by atoms with Gasteiger partial charge < -0.3 is 0 Å². The summed E-state index contributed by atoms with van der Waals surface area (Å²) in [4.78, 5) is 0. The van der Waals surface area contributed by atoms with Gasteiger partial charge in [-0.25, -0.2) is 4.39 Å². The van der Waals surface area contributed by atoms with Crippen LogP contribution in [0.1, 0.15) is 54.9 Å². The first kappa shape index (κ1) is 21.6. The van der Waals surface area contributed by atoms with Crippen LogP contribution < -0.4 is 0 Å². The van der Waals surface area contributed by atoms with Crippen LogP contribution in [0.4, 0.5) is 4.39 Å². The molecule has 0 fully saturated rings. The zero-order chi connectivity index (χ0) is 21.2. The van der Waals surface area contributed by atoms with Crippen molar-refractivity contribution in [1.82, 2.24) is 0 Å². The van der Waals surface area contributed by atoms with Gasteiger partial charge in [-0.1, -0.05) is 92.4 Å². The number of aryl methyl sites for hydroxylation is 2. The highest BCUT2D eigenvalue weighted by Gasteiger charge is 2.05. The van der Waals surface area contributed by atoms with E-state index < -0.39 is 0 Å². The molecule has 0 N–H and O–H groups in total. The standard InChI is InChI=1S/C27H29FN2/c1-3-4-5-6-9-23-10-7-8-11-25(23)20-30-29-19-22-14-17-26(27(28)18-22)24-15-12-21(2)13-16-24/h7-8,10-20H,3-6,9H2,1-2H3. The maximum absolute atomic E-state index is 14.5. The number of halogens is 1. The molecule has 0 spiro atoms. The average Bonchev–Trinajstić information content (AvgIpc) is 2.76. The second kappa shape index (κ2) is 11.2. The Hall–Kier alpha value is -3.07. The maximum Gasteiger partial charge on any atom is 0.131 e. The molecule has 0 atom stereocenters. The van der Waals surface area contributed by atoms with E-state index in [4.69, 9.17) is 0 Å². The van der Waals surface area contributed by atoms with E-state index >= 15 is 0 Å². The molecule has 0 radical (unpaired) electrons. The molecule has 0 aliphatic heterocycles. The Balaban J connectivity index is 1.65. The second-order valence-electron chi connectivity index (χ2n) is 7.60. The quantitative estimate of drug-likeness (QED) is 0.203. The van der Waals surface area contributed by atoms with Crippen LogP contribution in [-0.4, -0.2) is 12.4 Å². The van der Waals surface area contributed by atoms with Crippen LogP contribution in [0.2, 0.25) is 0 Å². The monoisotopic (exact) mass is 400 g/mol. The number of rotatable bonds is 9. The van der Waals surface area contributed by atoms with Crippen LogP contribution in [-0.2, 0) is 6.42 Å². The number of hydrogen-bond acceptors (Lipinski definition) is 2. The largest absolute Gasteiger partial charge is 0.206 e. The summed E-state index contributed by atoms with van der Waals surface area (Å²) in [6.07, 6.45) is 9.38. The fourth-order valence-electron chi connectivity index (χ4n) is 3.40. The van der Waals surface area contributed by atoms with Crippen molar-refractivity contribution in [3.63, 3.8) is 0 Å². The van der Waals surface area contributed by atoms with Crippen LogP contribution in [0.3, 0.4) is 0 Å². The van der Waals surface area contributed by atoms with Gasteiger partial charge in [0.15, 0.2) is 0 Å². The third-order valence-electron chi connectivity index (χ3n) is 5.18. The third kappa shape index (κ3) is 6.21. The predicted molar refractivity (Wildman–Crippen MR) is 126 cm³/mol. The lowest BCUT2D eigenvalue weighted by Gasteiger charge is -2.05. The molecular formula is C27H29FN2. The van der Waals surface area contributed by atoms with Crippen molar-refractivity contribution in [2.45, 2.75) is 46.0 Å². The molecule has 30 heavy (non-hydrogen) atoms. The summed E-state index contributed by atoms with van der Waals surface area (Å²) in [5.74, 6) is -0.260. The zero-order valence-electron chi connectivity index (χ0n) is 17.8. The van der Waals surface area contributed by atoms with E-state index in [2.05, 4.69) is 35.3 Å². The fraction of sp³-hybridized carbons (Fsp3) is 0.259. The van der Waals surface area contributed by atoms with Crippen LogP contribution in [0.15, 0.2) is 76.9 Å². The highest BCUT2D eigenvalue weighted by Crippen LogP contribution is 2.23. The van der Waals surface area contributed by atoms with Gasteiger partial charge in [0.25, 0.3) is 0 Å². The van der Waals surface area contributed by atoms with Gasteiger partial charge >= 0.3 is 0 Å². The molecule has 3 rings (SSSR count). The van der Waals surface area contributed by atoms with Crippen molar-refractivity contribution in [2.75, 3.05) is 0 Å². The summed E-state index contributed by atoms with van der Waals surface area (Å²) in [7, 11) is 0. The van der Waals surface area contributed by atoms with Crippen LogP contribution in [0.25, 0.3) is 11.1 Å². The number of benzene rings is 3. The lowest BCUT2D eigenvalue weighted by Crippen LogP contribution is -1.93. The van der Waals surface area contributed by atoms with Gasteiger partial charge in [-0.3, -0.25) is 0 Å². The molecule has 3 aromatic carbocycles. The smallest absolute Gasteiger partial charge is 0.131 e. The van der Waals surface area contributed by atoms with Gasteiger partial charge in [0.05, 0.1) is 12.4 Å². The van der Waals surface area contributed by atoms with Gasteiger partial charge in [0.2, 0.25) is 0 Å². The average molecular weight is 401 g/mol. The number of hydrogen-bond donors (Lipinski definition) is 0. The fourth-order valence-corrected chi connectivity index (χ4v) is 3.40. The SMILES string of the molecule is CCCCCCc1ccccc1C=NN=Cc1ccc(-c2ccc(C)cc2)c(F)c1. The molecule has 2 nitrogen and oxygen atoms in total. The van der Waals surface area contributed by atoms with E-state index in [-0.39, 0.29) is 5.82 Å². The van der Waals surface area contributed by atoms with Gasteiger partial charge in [-0.05, 0) is 48.1 Å². The molecule has 0 aliphatic rings. The minimum absolute atomic E-state index is 0.260. The Morgan fingerprint density at radius 2 is 1.60 bits per heavy atom. The first-order chi connectivity index (χ1) is 14.7. The van der Waals surface area contributed by atoms with Crippen LogP contribution in [0.5, 0.6) is 0 Å². The minimum Gasteiger partial charge on any atom is -0.206 e. The van der Waals surface area contributed by atoms with E-state index in [0.29, 0.717) is 11.1 Å². The minimum atomic E-state index is -0.260. The molecule has 3 heteroatoms. The molecule has 0 unspecified atom stereocenters. The molecular weight excluding hydrogens is 371 g/mol. The molecule has 0 aromatic heterocycles. The summed E-state index contributed by atoms with van der Waals surface area (Å²) in [5, 5.41) is 8.30. The summed E-state index contributed by atoms with van der Waals surface area (Å²) in [6, 6.07) is 21.3. The van der Waals surface area contributed by atoms with Crippen LogP contribution >= 0.6 is 0 Å². The second-order valence-corrected chi connectivity index (χ2v) is 7.60. The van der Waals surface area contributed by atoms with E-state index in [1.54, 1.807) is 18.5 Å². The van der Waals surface area contributed by atoms with Crippen molar-refractivity contribution >= 4 is 12.4 Å². The van der Waals surface area contributed by atoms with E-state index in [0.717, 1.165) is 23.1 Å². The molecule has 0 heterocycles. The topological polar surface area (TPSA) is 24.7 Å². The summed E-state index contributed by atoms with van der Waals surface area (Å²) in [5.41, 5.74) is 5.69. The number of unbranched alkanes of at least 4 members (excludes halogenated alkanes) is 3. The molecule has 0 amide bonds. The summed E-state index contributed by atoms with van der Waals surface area (Å²) in [6.45, 7) is 4.24. The van der Waals surface area contributed by atoms with E-state index in [1.165, 1.54) is 37.3 Å². The third-order valence-corrected chi connectivity index (χ3v) is 5.18. The Bertz CT molecular complexity index is 1000. The molecule has 154 valence electrons. The predicted octanol–water partition coefficient (Wildman–Crippen LogP) is 7.38. The normalized spacial score (nSPS) is 11.6. The lowest BCUT2D eigenvalue weighted by atomic mass is 10.0. The van der Waals surface area contributed by atoms with Gasteiger partial charge in [-0.2, -0.15) is 10.2 Å². The van der Waals surface area contributed by atoms with E-state index in [9.17, 15) is 4.39 Å². The Kier molecular flexibility index (Phi) is 8.08. The zero-order valence-corrected chi connectivity index (χ0v) is 17.8. The summed E-state index contributed by atoms with van der Waals surface area (Å²) >= 11 is 0. The van der Waals surface area contributed by atoms with Gasteiger partial charge in [0.1, 0.15) is 5.82 Å². The van der Waals surface area contributed by atoms with Crippen molar-refractivity contribution in [2.24, 2.45) is 10.2 Å². The van der Waals surface area contributed by atoms with Crippen molar-refractivity contribution in [3.8, 4) is 11.1 Å². The Labute approximate surface area is 179 Å². The summed E-state index contributed by atoms with van der Waals surface area (Å²) < 4.78 is 14.5. The highest BCUT2D eigenvalue weighted by molar-refractivity contribution is 5.84. The number of nitrogens with zero attached hydrogens (tertiary/aromatic N) is 2.